The van der Waals surface area contributed by atoms with E-state index >= 15 is 0 Å². The van der Waals surface area contributed by atoms with Crippen LogP contribution in [-0.4, -0.2) is 9.97 Å². The Morgan fingerprint density at radius 1 is 0.250 bits per heavy atom. The Kier molecular flexibility index (Phi) is 7.90. The highest BCUT2D eigenvalue weighted by Gasteiger charge is 2.16. The summed E-state index contributed by atoms with van der Waals surface area (Å²) in [7, 11) is 0. The molecule has 0 fully saturated rings. The lowest BCUT2D eigenvalue weighted by Crippen LogP contribution is -1.97. The van der Waals surface area contributed by atoms with Gasteiger partial charge in [-0.05, 0) is 100 Å². The van der Waals surface area contributed by atoms with Gasteiger partial charge in [-0.25, -0.2) is 9.97 Å². The van der Waals surface area contributed by atoms with Crippen LogP contribution in [0.4, 0.5) is 0 Å². The maximum Gasteiger partial charge on any atom is 0.160 e. The topological polar surface area (TPSA) is 25.8 Å². The predicted molar refractivity (Wildman–Crippen MR) is 240 cm³/mol. The summed E-state index contributed by atoms with van der Waals surface area (Å²) in [6.45, 7) is 0. The molecule has 0 saturated heterocycles. The number of hydrogen-bond acceptors (Lipinski definition) is 4. The van der Waals surface area contributed by atoms with Gasteiger partial charge in [-0.2, -0.15) is 0 Å². The number of rotatable bonds is 6. The molecule has 3 aromatic heterocycles. The minimum absolute atomic E-state index is 0.693. The fraction of sp³-hybridized carbons (Fsp3) is 0. The van der Waals surface area contributed by atoms with E-state index in [4.69, 9.17) is 9.97 Å². The number of hydrogen-bond donors (Lipinski definition) is 0. The Morgan fingerprint density at radius 3 is 1.29 bits per heavy atom. The van der Waals surface area contributed by atoms with Crippen LogP contribution in [0.15, 0.2) is 194 Å². The first-order valence-electron chi connectivity index (χ1n) is 18.8. The Labute approximate surface area is 332 Å². The molecule has 0 N–H and O–H groups in total. The van der Waals surface area contributed by atoms with Crippen LogP contribution in [0.2, 0.25) is 0 Å². The molecular formula is C52H32N2S2. The Bertz CT molecular complexity index is 3120. The number of aromatic nitrogens is 2. The monoisotopic (exact) mass is 748 g/mol. The molecule has 56 heavy (non-hydrogen) atoms. The van der Waals surface area contributed by atoms with Crippen molar-refractivity contribution < 1.29 is 0 Å². The molecule has 262 valence electrons. The lowest BCUT2D eigenvalue weighted by atomic mass is 9.94. The molecule has 0 unspecified atom stereocenters. The molecule has 11 aromatic rings. The molecule has 0 aliphatic carbocycles. The smallest absolute Gasteiger partial charge is 0.160 e. The summed E-state index contributed by atoms with van der Waals surface area (Å²) in [5.74, 6) is 0.693. The van der Waals surface area contributed by atoms with E-state index < -0.39 is 0 Å². The van der Waals surface area contributed by atoms with Crippen LogP contribution < -0.4 is 0 Å². The lowest BCUT2D eigenvalue weighted by molar-refractivity contribution is 1.18. The van der Waals surface area contributed by atoms with Crippen molar-refractivity contribution in [2.24, 2.45) is 0 Å². The predicted octanol–water partition coefficient (Wildman–Crippen LogP) is 15.2. The molecule has 0 spiro atoms. The number of benzene rings is 8. The summed E-state index contributed by atoms with van der Waals surface area (Å²) < 4.78 is 5.20. The molecule has 0 aliphatic rings. The van der Waals surface area contributed by atoms with E-state index in [2.05, 4.69) is 188 Å². The number of thiophene rings is 2. The van der Waals surface area contributed by atoms with Gasteiger partial charge in [0.2, 0.25) is 0 Å². The molecule has 0 bridgehead atoms. The second kappa shape index (κ2) is 13.5. The molecule has 8 aromatic carbocycles. The zero-order valence-corrected chi connectivity index (χ0v) is 31.8. The van der Waals surface area contributed by atoms with Gasteiger partial charge in [0.15, 0.2) is 5.82 Å². The molecule has 11 rings (SSSR count). The van der Waals surface area contributed by atoms with E-state index in [0.717, 1.165) is 44.8 Å². The van der Waals surface area contributed by atoms with Crippen molar-refractivity contribution in [2.45, 2.75) is 0 Å². The summed E-state index contributed by atoms with van der Waals surface area (Å²) in [6, 6.07) is 69.8. The summed E-state index contributed by atoms with van der Waals surface area (Å²) in [5, 5.41) is 5.15. The van der Waals surface area contributed by atoms with E-state index in [1.54, 1.807) is 0 Å². The van der Waals surface area contributed by atoms with Crippen LogP contribution in [0.3, 0.4) is 0 Å². The van der Waals surface area contributed by atoms with Crippen LogP contribution in [-0.2, 0) is 0 Å². The van der Waals surface area contributed by atoms with E-state index in [1.807, 2.05) is 28.7 Å². The van der Waals surface area contributed by atoms with Crippen molar-refractivity contribution in [1.29, 1.82) is 0 Å². The fourth-order valence-corrected chi connectivity index (χ4v) is 10.0. The second-order valence-electron chi connectivity index (χ2n) is 14.2. The van der Waals surface area contributed by atoms with Crippen molar-refractivity contribution >= 4 is 63.0 Å². The highest BCUT2D eigenvalue weighted by molar-refractivity contribution is 7.26. The normalized spacial score (nSPS) is 11.6. The van der Waals surface area contributed by atoms with Crippen LogP contribution in [0, 0.1) is 0 Å². The average molecular weight is 749 g/mol. The maximum atomic E-state index is 5.36. The van der Waals surface area contributed by atoms with E-state index in [-0.39, 0.29) is 0 Å². The summed E-state index contributed by atoms with van der Waals surface area (Å²) >= 11 is 3.70. The molecule has 0 aliphatic heterocycles. The Morgan fingerprint density at radius 2 is 0.679 bits per heavy atom. The van der Waals surface area contributed by atoms with Gasteiger partial charge in [0, 0.05) is 57.0 Å². The van der Waals surface area contributed by atoms with Crippen molar-refractivity contribution in [3.63, 3.8) is 0 Å². The van der Waals surface area contributed by atoms with E-state index in [9.17, 15) is 0 Å². The molecule has 4 heteroatoms. The van der Waals surface area contributed by atoms with Crippen molar-refractivity contribution in [3.8, 4) is 67.3 Å². The maximum absolute atomic E-state index is 5.36. The van der Waals surface area contributed by atoms with Gasteiger partial charge in [-0.15, -0.1) is 22.7 Å². The van der Waals surface area contributed by atoms with E-state index in [1.165, 1.54) is 57.0 Å². The summed E-state index contributed by atoms with van der Waals surface area (Å²) in [6.07, 6.45) is 0. The van der Waals surface area contributed by atoms with Crippen molar-refractivity contribution in [2.75, 3.05) is 0 Å². The van der Waals surface area contributed by atoms with Crippen molar-refractivity contribution in [3.05, 3.63) is 194 Å². The van der Waals surface area contributed by atoms with Gasteiger partial charge in [0.05, 0.1) is 11.4 Å². The van der Waals surface area contributed by atoms with Gasteiger partial charge in [-0.3, -0.25) is 0 Å². The highest BCUT2D eigenvalue weighted by atomic mass is 32.1. The Balaban J connectivity index is 1.13. The largest absolute Gasteiger partial charge is 0.228 e. The molecule has 3 heterocycles. The summed E-state index contributed by atoms with van der Waals surface area (Å²) in [4.78, 5) is 10.7. The SMILES string of the molecule is c1ccc(-c2cccc(-c3cc(-c4ccccc4)nc(-c4cc(-c5ccc6sc7ccccc7c6c5)cc(-c5ccc6sc7ccccc7c6c5)c4)n3)c2)cc1. The quantitative estimate of drug-likeness (QED) is 0.169. The molecule has 0 amide bonds. The molecule has 2 nitrogen and oxygen atoms in total. The minimum atomic E-state index is 0.693. The third-order valence-electron chi connectivity index (χ3n) is 10.7. The first-order chi connectivity index (χ1) is 27.7. The third-order valence-corrected chi connectivity index (χ3v) is 13.0. The van der Waals surface area contributed by atoms with Gasteiger partial charge in [0.1, 0.15) is 0 Å². The van der Waals surface area contributed by atoms with Crippen LogP contribution in [0.25, 0.3) is 108 Å². The number of fused-ring (bicyclic) bond motifs is 6. The number of nitrogens with zero attached hydrogens (tertiary/aromatic N) is 2. The van der Waals surface area contributed by atoms with Gasteiger partial charge in [0.25, 0.3) is 0 Å². The third kappa shape index (κ3) is 5.88. The molecule has 0 radical (unpaired) electrons. The van der Waals surface area contributed by atoms with Gasteiger partial charge >= 0.3 is 0 Å². The van der Waals surface area contributed by atoms with Crippen LogP contribution >= 0.6 is 22.7 Å². The van der Waals surface area contributed by atoms with Crippen LogP contribution in [0.1, 0.15) is 0 Å². The molecule has 0 saturated carbocycles. The minimum Gasteiger partial charge on any atom is -0.228 e. The standard InChI is InChI=1S/C52H32N2S2/c1-3-12-33(13-4-1)35-16-11-17-38(26-35)47-32-46(34-14-5-2-6-15-34)53-52(54-47)41-28-39(36-22-24-50-44(30-36)42-18-7-9-20-48(42)55-50)27-40(29-41)37-23-25-51-45(31-37)43-19-8-10-21-49(43)56-51/h1-32H. The van der Waals surface area contributed by atoms with E-state index in [0.29, 0.717) is 5.82 Å². The van der Waals surface area contributed by atoms with Crippen molar-refractivity contribution in [1.82, 2.24) is 9.97 Å². The highest BCUT2D eigenvalue weighted by Crippen LogP contribution is 2.41. The summed E-state index contributed by atoms with van der Waals surface area (Å²) in [5.41, 5.74) is 11.8. The fourth-order valence-electron chi connectivity index (χ4n) is 7.87. The first kappa shape index (κ1) is 32.7. The zero-order chi connectivity index (χ0) is 37.0. The molecular weight excluding hydrogens is 717 g/mol. The Hall–Kier alpha value is -6.72. The van der Waals surface area contributed by atoms with Crippen LogP contribution in [0.5, 0.6) is 0 Å². The first-order valence-corrected chi connectivity index (χ1v) is 20.4. The zero-order valence-electron chi connectivity index (χ0n) is 30.2. The van der Waals surface area contributed by atoms with Gasteiger partial charge < -0.3 is 0 Å². The molecule has 0 atom stereocenters. The van der Waals surface area contributed by atoms with Gasteiger partial charge in [-0.1, -0.05) is 127 Å². The average Bonchev–Trinajstić information content (AvgIpc) is 3.84. The second-order valence-corrected chi connectivity index (χ2v) is 16.4. The lowest BCUT2D eigenvalue weighted by Gasteiger charge is -2.14.